The second-order valence-corrected chi connectivity index (χ2v) is 8.70. The molecule has 4 heteroatoms. The summed E-state index contributed by atoms with van der Waals surface area (Å²) in [4.78, 5) is 0. The number of alkyl halides is 3. The van der Waals surface area contributed by atoms with Gasteiger partial charge in [0.05, 0.1) is 5.56 Å². The van der Waals surface area contributed by atoms with Gasteiger partial charge in [-0.05, 0) is 65.8 Å². The largest absolute Gasteiger partial charge is 0.416 e. The molecule has 0 bridgehead atoms. The van der Waals surface area contributed by atoms with Crippen LogP contribution in [0.15, 0.2) is 78.9 Å². The highest BCUT2D eigenvalue weighted by atomic mass is 19.4. The third-order valence-corrected chi connectivity index (χ3v) is 6.10. The molecule has 0 unspecified atom stereocenters. The minimum Gasteiger partial charge on any atom is -0.206 e. The highest BCUT2D eigenvalue weighted by Gasteiger charge is 2.30. The Morgan fingerprint density at radius 2 is 1.40 bits per heavy atom. The van der Waals surface area contributed by atoms with Crippen LogP contribution in [-0.4, -0.2) is 0 Å². The van der Waals surface area contributed by atoms with E-state index in [-0.39, 0.29) is 5.56 Å². The third kappa shape index (κ3) is 6.11. The predicted octanol–water partition coefficient (Wildman–Crippen LogP) is 9.19. The van der Waals surface area contributed by atoms with Crippen molar-refractivity contribution in [2.45, 2.75) is 45.2 Å². The summed E-state index contributed by atoms with van der Waals surface area (Å²) in [6.07, 6.45) is 1.62. The molecule has 4 rings (SSSR count). The Labute approximate surface area is 203 Å². The molecule has 0 amide bonds. The number of aryl methyl sites for hydroxylation is 1. The van der Waals surface area contributed by atoms with Gasteiger partial charge in [0.1, 0.15) is 5.82 Å². The van der Waals surface area contributed by atoms with Crippen molar-refractivity contribution in [2.24, 2.45) is 0 Å². The van der Waals surface area contributed by atoms with Gasteiger partial charge in [-0.15, -0.1) is 0 Å². The van der Waals surface area contributed by atoms with E-state index in [4.69, 9.17) is 0 Å². The first-order valence-electron chi connectivity index (χ1n) is 11.9. The molecule has 0 N–H and O–H groups in total. The van der Waals surface area contributed by atoms with Gasteiger partial charge in [-0.25, -0.2) is 4.39 Å². The fraction of sp³-hybridized carbons (Fsp3) is 0.226. The first-order chi connectivity index (χ1) is 16.8. The fourth-order valence-electron chi connectivity index (χ4n) is 4.09. The SMILES string of the molecule is CCCCCCc1ccc(C#Cc2ccc3c(F)c(-c4ccc(C(F)(F)F)cc4)ccc3c2)cc1. The van der Waals surface area contributed by atoms with Crippen molar-refractivity contribution in [3.8, 4) is 23.0 Å². The summed E-state index contributed by atoms with van der Waals surface area (Å²) in [6.45, 7) is 2.21. The smallest absolute Gasteiger partial charge is 0.206 e. The van der Waals surface area contributed by atoms with E-state index < -0.39 is 17.6 Å². The van der Waals surface area contributed by atoms with Crippen LogP contribution in [0, 0.1) is 17.7 Å². The van der Waals surface area contributed by atoms with Crippen LogP contribution in [0.3, 0.4) is 0 Å². The molecule has 0 fully saturated rings. The van der Waals surface area contributed by atoms with Crippen LogP contribution in [0.5, 0.6) is 0 Å². The van der Waals surface area contributed by atoms with Crippen molar-refractivity contribution < 1.29 is 17.6 Å². The molecule has 0 saturated carbocycles. The molecule has 0 saturated heterocycles. The molecule has 0 heterocycles. The molecule has 4 aromatic rings. The Kier molecular flexibility index (Phi) is 7.56. The molecule has 178 valence electrons. The van der Waals surface area contributed by atoms with E-state index in [2.05, 4.69) is 30.9 Å². The van der Waals surface area contributed by atoms with Gasteiger partial charge in [0.25, 0.3) is 0 Å². The lowest BCUT2D eigenvalue weighted by Crippen LogP contribution is -2.04. The number of unbranched alkanes of at least 4 members (excludes halogenated alkanes) is 3. The van der Waals surface area contributed by atoms with Crippen LogP contribution in [0.1, 0.15) is 54.9 Å². The van der Waals surface area contributed by atoms with E-state index in [0.29, 0.717) is 16.3 Å². The summed E-state index contributed by atoms with van der Waals surface area (Å²) in [5.74, 6) is 5.84. The van der Waals surface area contributed by atoms with Crippen LogP contribution in [0.25, 0.3) is 21.9 Å². The minimum absolute atomic E-state index is 0.264. The van der Waals surface area contributed by atoms with Gasteiger partial charge in [0.2, 0.25) is 0 Å². The molecule has 0 aliphatic rings. The molecule has 0 spiro atoms. The van der Waals surface area contributed by atoms with Crippen LogP contribution in [0.4, 0.5) is 17.6 Å². The number of fused-ring (bicyclic) bond motifs is 1. The van der Waals surface area contributed by atoms with Gasteiger partial charge in [-0.1, -0.05) is 80.5 Å². The third-order valence-electron chi connectivity index (χ3n) is 6.10. The van der Waals surface area contributed by atoms with Gasteiger partial charge in [-0.3, -0.25) is 0 Å². The van der Waals surface area contributed by atoms with E-state index in [1.54, 1.807) is 24.3 Å². The van der Waals surface area contributed by atoms with Crippen LogP contribution >= 0.6 is 0 Å². The maximum absolute atomic E-state index is 15.2. The second kappa shape index (κ2) is 10.8. The maximum atomic E-state index is 15.2. The average molecular weight is 475 g/mol. The van der Waals surface area contributed by atoms with Crippen molar-refractivity contribution in [1.29, 1.82) is 0 Å². The van der Waals surface area contributed by atoms with Gasteiger partial charge < -0.3 is 0 Å². The monoisotopic (exact) mass is 474 g/mol. The normalized spacial score (nSPS) is 11.3. The van der Waals surface area contributed by atoms with Gasteiger partial charge in [0, 0.05) is 22.1 Å². The number of hydrogen-bond acceptors (Lipinski definition) is 0. The second-order valence-electron chi connectivity index (χ2n) is 8.70. The summed E-state index contributed by atoms with van der Waals surface area (Å²) in [7, 11) is 0. The fourth-order valence-corrected chi connectivity index (χ4v) is 4.09. The van der Waals surface area contributed by atoms with Crippen LogP contribution in [-0.2, 0) is 12.6 Å². The molecule has 0 aliphatic carbocycles. The van der Waals surface area contributed by atoms with Crippen molar-refractivity contribution in [1.82, 2.24) is 0 Å². The molecular formula is C31H26F4. The van der Waals surface area contributed by atoms with Crippen molar-refractivity contribution in [3.05, 3.63) is 107 Å². The Balaban J connectivity index is 1.51. The van der Waals surface area contributed by atoms with E-state index in [1.807, 2.05) is 18.2 Å². The van der Waals surface area contributed by atoms with Crippen molar-refractivity contribution in [2.75, 3.05) is 0 Å². The summed E-state index contributed by atoms with van der Waals surface area (Å²) < 4.78 is 53.6. The molecule has 35 heavy (non-hydrogen) atoms. The Bertz CT molecular complexity index is 1350. The maximum Gasteiger partial charge on any atom is 0.416 e. The Morgan fingerprint density at radius 1 is 0.714 bits per heavy atom. The molecule has 0 radical (unpaired) electrons. The topological polar surface area (TPSA) is 0 Å². The summed E-state index contributed by atoms with van der Waals surface area (Å²) in [5, 5.41) is 1.09. The van der Waals surface area contributed by atoms with Crippen LogP contribution in [0.2, 0.25) is 0 Å². The lowest BCUT2D eigenvalue weighted by Gasteiger charge is -2.10. The zero-order valence-electron chi connectivity index (χ0n) is 19.6. The van der Waals surface area contributed by atoms with E-state index in [1.165, 1.54) is 43.4 Å². The number of benzene rings is 4. The number of halogens is 4. The van der Waals surface area contributed by atoms with Crippen molar-refractivity contribution in [3.63, 3.8) is 0 Å². The van der Waals surface area contributed by atoms with Gasteiger partial charge >= 0.3 is 6.18 Å². The average Bonchev–Trinajstić information content (AvgIpc) is 2.86. The Hall–Kier alpha value is -3.58. The standard InChI is InChI=1S/C31H26F4/c1-2-3-4-5-6-22-7-9-23(10-8-22)11-12-24-13-19-29-26(21-24)16-20-28(30(29)32)25-14-17-27(18-15-25)31(33,34)35/h7-10,13-21H,2-6H2,1H3. The molecule has 0 aromatic heterocycles. The predicted molar refractivity (Wildman–Crippen MR) is 135 cm³/mol. The molecule has 0 aliphatic heterocycles. The van der Waals surface area contributed by atoms with Crippen molar-refractivity contribution >= 4 is 10.8 Å². The molecule has 0 nitrogen and oxygen atoms in total. The zero-order valence-corrected chi connectivity index (χ0v) is 19.6. The van der Waals surface area contributed by atoms with E-state index in [0.717, 1.165) is 29.7 Å². The number of rotatable bonds is 6. The summed E-state index contributed by atoms with van der Waals surface area (Å²) >= 11 is 0. The summed E-state index contributed by atoms with van der Waals surface area (Å²) in [5.41, 5.74) is 2.91. The highest BCUT2D eigenvalue weighted by molar-refractivity contribution is 5.89. The quantitative estimate of drug-likeness (QED) is 0.148. The molecule has 4 aromatic carbocycles. The first kappa shape index (κ1) is 24.5. The first-order valence-corrected chi connectivity index (χ1v) is 11.9. The van der Waals surface area contributed by atoms with E-state index in [9.17, 15) is 13.2 Å². The lowest BCUT2D eigenvalue weighted by molar-refractivity contribution is -0.137. The Morgan fingerprint density at radius 3 is 2.09 bits per heavy atom. The van der Waals surface area contributed by atoms with E-state index >= 15 is 4.39 Å². The minimum atomic E-state index is -4.42. The van der Waals surface area contributed by atoms with Gasteiger partial charge in [0.15, 0.2) is 0 Å². The van der Waals surface area contributed by atoms with Crippen LogP contribution < -0.4 is 0 Å². The zero-order chi connectivity index (χ0) is 24.8. The van der Waals surface area contributed by atoms with Gasteiger partial charge in [-0.2, -0.15) is 13.2 Å². The molecular weight excluding hydrogens is 448 g/mol. The summed E-state index contributed by atoms with van der Waals surface area (Å²) in [6, 6.07) is 21.4. The highest BCUT2D eigenvalue weighted by Crippen LogP contribution is 2.33. The molecule has 0 atom stereocenters. The number of hydrogen-bond donors (Lipinski definition) is 0. The lowest BCUT2D eigenvalue weighted by atomic mass is 9.98.